The van der Waals surface area contributed by atoms with Crippen molar-refractivity contribution in [2.24, 2.45) is 0 Å². The summed E-state index contributed by atoms with van der Waals surface area (Å²) >= 11 is 5.30. The summed E-state index contributed by atoms with van der Waals surface area (Å²) in [6.07, 6.45) is 9.78. The lowest BCUT2D eigenvalue weighted by molar-refractivity contribution is -0.0530. The van der Waals surface area contributed by atoms with Crippen LogP contribution in [0.1, 0.15) is 98.2 Å². The number of aromatic nitrogens is 2. The first-order valence-corrected chi connectivity index (χ1v) is 22.2. The quantitative estimate of drug-likeness (QED) is 0.0546. The third kappa shape index (κ3) is 14.9. The SMILES string of the molecule is Cc1cccc(-c2nc(CO[C@H]3CCC[C@@H](OCCCO)C3)c(C)o2)c1.Cc1cccc(-c2nc(CO[C@H]3CCC[C@@H](OCCCOS(=O)(=O)CCl)C3)c(C)o2)c1. The number of oxazole rings is 2. The number of nitrogens with zero attached hydrogens (tertiary/aromatic N) is 2. The molecule has 2 aliphatic rings. The lowest BCUT2D eigenvalue weighted by Gasteiger charge is -2.29. The highest BCUT2D eigenvalue weighted by molar-refractivity contribution is 7.87. The summed E-state index contributed by atoms with van der Waals surface area (Å²) in [5, 5.41) is 8.33. The van der Waals surface area contributed by atoms with Crippen molar-refractivity contribution in [1.82, 2.24) is 9.97 Å². The van der Waals surface area contributed by atoms with Gasteiger partial charge in [0.2, 0.25) is 11.8 Å². The molecule has 314 valence electrons. The fourth-order valence-electron chi connectivity index (χ4n) is 6.97. The van der Waals surface area contributed by atoms with Crippen molar-refractivity contribution >= 4 is 21.7 Å². The van der Waals surface area contributed by atoms with Gasteiger partial charge < -0.3 is 32.9 Å². The maximum absolute atomic E-state index is 11.2. The highest BCUT2D eigenvalue weighted by atomic mass is 35.5. The molecule has 2 fully saturated rings. The minimum atomic E-state index is -3.61. The fraction of sp³-hybridized carbons (Fsp3) is 0.581. The molecule has 14 heteroatoms. The lowest BCUT2D eigenvalue weighted by atomic mass is 9.95. The molecule has 0 aliphatic heterocycles. The summed E-state index contributed by atoms with van der Waals surface area (Å²) in [6, 6.07) is 16.2. The molecular formula is C43H59ClN2O10S. The van der Waals surface area contributed by atoms with Crippen LogP contribution in [0, 0.1) is 27.7 Å². The highest BCUT2D eigenvalue weighted by Crippen LogP contribution is 2.29. The molecule has 2 aromatic carbocycles. The van der Waals surface area contributed by atoms with Crippen molar-refractivity contribution in [3.63, 3.8) is 0 Å². The van der Waals surface area contributed by atoms with Gasteiger partial charge in [-0.3, -0.25) is 4.18 Å². The minimum absolute atomic E-state index is 0.0798. The van der Waals surface area contributed by atoms with E-state index in [1.165, 1.54) is 5.56 Å². The largest absolute Gasteiger partial charge is 0.441 e. The second-order valence-corrected chi connectivity index (χ2v) is 17.1. The first kappa shape index (κ1) is 45.0. The van der Waals surface area contributed by atoms with Crippen molar-refractivity contribution in [3.8, 4) is 22.9 Å². The number of aliphatic hydroxyl groups excluding tert-OH is 1. The van der Waals surface area contributed by atoms with E-state index < -0.39 is 15.3 Å². The molecular weight excluding hydrogens is 772 g/mol. The summed E-state index contributed by atoms with van der Waals surface area (Å²) in [5.74, 6) is 2.85. The van der Waals surface area contributed by atoms with Crippen molar-refractivity contribution in [3.05, 3.63) is 82.6 Å². The zero-order valence-corrected chi connectivity index (χ0v) is 35.3. The molecule has 2 saturated carbocycles. The van der Waals surface area contributed by atoms with Crippen LogP contribution in [0.3, 0.4) is 0 Å². The molecule has 6 rings (SSSR count). The predicted molar refractivity (Wildman–Crippen MR) is 218 cm³/mol. The van der Waals surface area contributed by atoms with Crippen LogP contribution >= 0.6 is 11.6 Å². The number of alkyl halides is 1. The molecule has 1 N–H and O–H groups in total. The lowest BCUT2D eigenvalue weighted by Crippen LogP contribution is -2.28. The molecule has 2 aromatic heterocycles. The maximum atomic E-state index is 11.2. The second kappa shape index (κ2) is 22.9. The van der Waals surface area contributed by atoms with Gasteiger partial charge in [0.1, 0.15) is 28.1 Å². The van der Waals surface area contributed by atoms with E-state index in [2.05, 4.69) is 35.1 Å². The maximum Gasteiger partial charge on any atom is 0.281 e. The van der Waals surface area contributed by atoms with Crippen LogP contribution in [-0.2, 0) is 46.5 Å². The van der Waals surface area contributed by atoms with E-state index in [-0.39, 0.29) is 37.6 Å². The van der Waals surface area contributed by atoms with Crippen molar-refractivity contribution in [2.45, 2.75) is 130 Å². The topological polar surface area (TPSA) is 153 Å². The van der Waals surface area contributed by atoms with Crippen LogP contribution in [0.15, 0.2) is 57.4 Å². The fourth-order valence-corrected chi connectivity index (χ4v) is 7.59. The van der Waals surface area contributed by atoms with Gasteiger partial charge in [0.25, 0.3) is 10.1 Å². The zero-order valence-electron chi connectivity index (χ0n) is 33.8. The predicted octanol–water partition coefficient (Wildman–Crippen LogP) is 8.92. The van der Waals surface area contributed by atoms with Crippen LogP contribution in [0.4, 0.5) is 0 Å². The Balaban J connectivity index is 0.000000221. The number of aryl methyl sites for hydroxylation is 4. The first-order valence-electron chi connectivity index (χ1n) is 20.1. The average Bonchev–Trinajstić information content (AvgIpc) is 3.78. The molecule has 0 unspecified atom stereocenters. The third-order valence-electron chi connectivity index (χ3n) is 10.1. The van der Waals surface area contributed by atoms with E-state index in [9.17, 15) is 8.42 Å². The number of ether oxygens (including phenoxy) is 4. The van der Waals surface area contributed by atoms with Gasteiger partial charge in [-0.15, -0.1) is 11.6 Å². The number of rotatable bonds is 19. The zero-order chi connectivity index (χ0) is 40.6. The number of aliphatic hydroxyl groups is 1. The van der Waals surface area contributed by atoms with Crippen molar-refractivity contribution < 1.29 is 45.5 Å². The van der Waals surface area contributed by atoms with E-state index >= 15 is 0 Å². The average molecular weight is 831 g/mol. The van der Waals surface area contributed by atoms with Gasteiger partial charge in [-0.1, -0.05) is 35.4 Å². The van der Waals surface area contributed by atoms with Gasteiger partial charge in [0, 0.05) is 30.9 Å². The summed E-state index contributed by atoms with van der Waals surface area (Å²) in [7, 11) is -3.61. The molecule has 4 atom stereocenters. The second-order valence-electron chi connectivity index (χ2n) is 14.9. The number of hydrogen-bond donors (Lipinski definition) is 1. The van der Waals surface area contributed by atoms with Gasteiger partial charge in [0.15, 0.2) is 0 Å². The molecule has 0 amide bonds. The molecule has 0 spiro atoms. The molecule has 4 aromatic rings. The van der Waals surface area contributed by atoms with E-state index in [0.717, 1.165) is 91.0 Å². The highest BCUT2D eigenvalue weighted by Gasteiger charge is 2.25. The Bertz CT molecular complexity index is 1910. The molecule has 2 aliphatic carbocycles. The van der Waals surface area contributed by atoms with Crippen LogP contribution in [0.5, 0.6) is 0 Å². The van der Waals surface area contributed by atoms with Gasteiger partial charge in [-0.05, 0) is 116 Å². The van der Waals surface area contributed by atoms with Gasteiger partial charge >= 0.3 is 0 Å². The van der Waals surface area contributed by atoms with Crippen molar-refractivity contribution in [2.75, 3.05) is 31.6 Å². The first-order chi connectivity index (χ1) is 27.5. The number of benzene rings is 2. The van der Waals surface area contributed by atoms with Gasteiger partial charge in [0.05, 0.1) is 44.2 Å². The van der Waals surface area contributed by atoms with Crippen LogP contribution in [-0.4, -0.2) is 79.5 Å². The molecule has 0 bridgehead atoms. The molecule has 0 saturated heterocycles. The van der Waals surface area contributed by atoms with Gasteiger partial charge in [-0.2, -0.15) is 8.42 Å². The summed E-state index contributed by atoms with van der Waals surface area (Å²) in [6.45, 7) is 10.1. The minimum Gasteiger partial charge on any atom is -0.441 e. The Kier molecular flexibility index (Phi) is 18.0. The molecule has 0 radical (unpaired) electrons. The Labute approximate surface area is 342 Å². The molecule has 2 heterocycles. The Morgan fingerprint density at radius 3 is 1.58 bits per heavy atom. The van der Waals surface area contributed by atoms with Crippen LogP contribution in [0.2, 0.25) is 0 Å². The molecule has 12 nitrogen and oxygen atoms in total. The van der Waals surface area contributed by atoms with Gasteiger partial charge in [-0.25, -0.2) is 9.97 Å². The van der Waals surface area contributed by atoms with E-state index in [1.54, 1.807) is 0 Å². The van der Waals surface area contributed by atoms with E-state index in [1.807, 2.05) is 51.1 Å². The standard InChI is InChI=1S/C22H30ClNO6S.C21H29NO4/c1-16-6-3-7-18(12-16)22-24-21(17(2)30-22)14-28-20-9-4-8-19(13-20)27-10-5-11-29-31(25,26)15-23;1-15-6-3-7-17(12-15)21-22-20(16(2)26-21)14-25-19-9-4-8-18(13-19)24-11-5-10-23/h3,6-7,12,19-20H,4-5,8-11,13-15H2,1-2H3;3,6-7,12,18-19,23H,4-5,8-11,13-14H2,1-2H3/t19-,20+;18-,19+/m11/s1. The Hall–Kier alpha value is -3.14. The summed E-state index contributed by atoms with van der Waals surface area (Å²) in [4.78, 5) is 9.26. The van der Waals surface area contributed by atoms with Crippen LogP contribution < -0.4 is 0 Å². The Morgan fingerprint density at radius 2 is 1.14 bits per heavy atom. The Morgan fingerprint density at radius 1 is 0.684 bits per heavy atom. The van der Waals surface area contributed by atoms with Crippen LogP contribution in [0.25, 0.3) is 22.9 Å². The van der Waals surface area contributed by atoms with Crippen molar-refractivity contribution in [1.29, 1.82) is 0 Å². The number of hydrogen-bond acceptors (Lipinski definition) is 12. The summed E-state index contributed by atoms with van der Waals surface area (Å²) in [5.41, 5.74) is 5.98. The van der Waals surface area contributed by atoms with E-state index in [0.29, 0.717) is 51.1 Å². The normalized spacial score (nSPS) is 20.0. The van der Waals surface area contributed by atoms with E-state index in [4.69, 9.17) is 48.7 Å². The summed E-state index contributed by atoms with van der Waals surface area (Å²) < 4.78 is 62.8. The third-order valence-corrected chi connectivity index (χ3v) is 11.7. The molecule has 57 heavy (non-hydrogen) atoms. The smallest absolute Gasteiger partial charge is 0.281 e. The monoisotopic (exact) mass is 830 g/mol. The number of halogens is 1.